The molecule has 6 nitrogen and oxygen atoms in total. The molecule has 1 aromatic heterocycles. The van der Waals surface area contributed by atoms with E-state index in [2.05, 4.69) is 15.3 Å². The van der Waals surface area contributed by atoms with Gasteiger partial charge in [0, 0.05) is 44.3 Å². The van der Waals surface area contributed by atoms with E-state index >= 15 is 0 Å². The van der Waals surface area contributed by atoms with Crippen molar-refractivity contribution >= 4 is 17.7 Å². The van der Waals surface area contributed by atoms with Crippen LogP contribution in [0.5, 0.6) is 0 Å². The lowest BCUT2D eigenvalue weighted by molar-refractivity contribution is -0.137. The van der Waals surface area contributed by atoms with Crippen molar-refractivity contribution in [3.8, 4) is 0 Å². The molecular weight excluding hydrogens is 335 g/mol. The van der Waals surface area contributed by atoms with Crippen LogP contribution in [0.3, 0.4) is 0 Å². The Morgan fingerprint density at radius 3 is 2.36 bits per heavy atom. The smallest absolute Gasteiger partial charge is 0.337 e. The number of aromatic nitrogens is 2. The Kier molecular flexibility index (Phi) is 4.73. The SMILES string of the molecule is O=C(Nc1cccc(C(F)(F)F)c1)N1CCN(c2ncccn2)CC1. The maximum Gasteiger partial charge on any atom is 0.416 e. The number of piperazine rings is 1. The van der Waals surface area contributed by atoms with Crippen LogP contribution in [0.2, 0.25) is 0 Å². The van der Waals surface area contributed by atoms with E-state index < -0.39 is 17.8 Å². The molecule has 0 radical (unpaired) electrons. The maximum absolute atomic E-state index is 12.7. The predicted octanol–water partition coefficient (Wildman–Crippen LogP) is 2.85. The van der Waals surface area contributed by atoms with Gasteiger partial charge in [-0.05, 0) is 24.3 Å². The van der Waals surface area contributed by atoms with E-state index in [9.17, 15) is 18.0 Å². The second kappa shape index (κ2) is 6.96. The summed E-state index contributed by atoms with van der Waals surface area (Å²) in [5, 5.41) is 2.52. The van der Waals surface area contributed by atoms with Crippen LogP contribution in [0.1, 0.15) is 5.56 Å². The van der Waals surface area contributed by atoms with Gasteiger partial charge in [-0.3, -0.25) is 0 Å². The summed E-state index contributed by atoms with van der Waals surface area (Å²) in [5.74, 6) is 0.598. The van der Waals surface area contributed by atoms with Crippen LogP contribution in [0.4, 0.5) is 29.6 Å². The summed E-state index contributed by atoms with van der Waals surface area (Å²) in [6.45, 7) is 1.98. The molecule has 132 valence electrons. The minimum atomic E-state index is -4.44. The molecule has 1 N–H and O–H groups in total. The number of nitrogens with zero attached hydrogens (tertiary/aromatic N) is 4. The fourth-order valence-corrected chi connectivity index (χ4v) is 2.54. The minimum Gasteiger partial charge on any atom is -0.337 e. The van der Waals surface area contributed by atoms with Gasteiger partial charge in [0.2, 0.25) is 5.95 Å². The zero-order valence-corrected chi connectivity index (χ0v) is 13.2. The number of amides is 2. The highest BCUT2D eigenvalue weighted by Gasteiger charge is 2.30. The molecule has 1 aromatic carbocycles. The first-order valence-electron chi connectivity index (χ1n) is 7.68. The molecule has 0 atom stereocenters. The minimum absolute atomic E-state index is 0.119. The van der Waals surface area contributed by atoms with Crippen LogP contribution in [0.15, 0.2) is 42.7 Å². The molecule has 25 heavy (non-hydrogen) atoms. The number of anilines is 2. The van der Waals surface area contributed by atoms with Crippen molar-refractivity contribution in [1.82, 2.24) is 14.9 Å². The van der Waals surface area contributed by atoms with E-state index in [1.165, 1.54) is 12.1 Å². The molecule has 1 saturated heterocycles. The second-order valence-electron chi connectivity index (χ2n) is 5.53. The number of hydrogen-bond donors (Lipinski definition) is 1. The Bertz CT molecular complexity index is 730. The van der Waals surface area contributed by atoms with Crippen LogP contribution >= 0.6 is 0 Å². The number of rotatable bonds is 2. The molecule has 1 aliphatic heterocycles. The third-order valence-corrected chi connectivity index (χ3v) is 3.84. The molecule has 1 fully saturated rings. The summed E-state index contributed by atoms with van der Waals surface area (Å²) in [6, 6.07) is 5.89. The standard InChI is InChI=1S/C16H16F3N5O/c17-16(18,19)12-3-1-4-13(11-12)22-15(25)24-9-7-23(8-10-24)14-20-5-2-6-21-14/h1-6,11H,7-10H2,(H,22,25). The van der Waals surface area contributed by atoms with E-state index in [1.807, 2.05) is 4.90 Å². The highest BCUT2D eigenvalue weighted by atomic mass is 19.4. The summed E-state index contributed by atoms with van der Waals surface area (Å²) in [6.07, 6.45) is -1.15. The fraction of sp³-hybridized carbons (Fsp3) is 0.312. The van der Waals surface area contributed by atoms with Gasteiger partial charge in [-0.25, -0.2) is 14.8 Å². The summed E-state index contributed by atoms with van der Waals surface area (Å²) < 4.78 is 38.2. The topological polar surface area (TPSA) is 61.4 Å². The average molecular weight is 351 g/mol. The first-order valence-corrected chi connectivity index (χ1v) is 7.68. The lowest BCUT2D eigenvalue weighted by Gasteiger charge is -2.34. The molecule has 3 rings (SSSR count). The molecule has 2 aromatic rings. The van der Waals surface area contributed by atoms with Gasteiger partial charge in [0.15, 0.2) is 0 Å². The first-order chi connectivity index (χ1) is 11.9. The number of hydrogen-bond acceptors (Lipinski definition) is 4. The summed E-state index contributed by atoms with van der Waals surface area (Å²) in [4.78, 5) is 24.1. The zero-order chi connectivity index (χ0) is 17.9. The number of alkyl halides is 3. The molecule has 1 aliphatic rings. The van der Waals surface area contributed by atoms with E-state index in [0.29, 0.717) is 32.1 Å². The van der Waals surface area contributed by atoms with E-state index in [1.54, 1.807) is 23.4 Å². The van der Waals surface area contributed by atoms with Crippen molar-refractivity contribution in [3.63, 3.8) is 0 Å². The number of urea groups is 1. The van der Waals surface area contributed by atoms with Crippen molar-refractivity contribution in [2.45, 2.75) is 6.18 Å². The van der Waals surface area contributed by atoms with E-state index in [-0.39, 0.29) is 5.69 Å². The second-order valence-corrected chi connectivity index (χ2v) is 5.53. The van der Waals surface area contributed by atoms with Gasteiger partial charge < -0.3 is 15.1 Å². The number of halogens is 3. The largest absolute Gasteiger partial charge is 0.416 e. The number of carbonyl (C=O) groups excluding carboxylic acids is 1. The lowest BCUT2D eigenvalue weighted by atomic mass is 10.2. The first kappa shape index (κ1) is 17.0. The van der Waals surface area contributed by atoms with E-state index in [0.717, 1.165) is 12.1 Å². The fourth-order valence-electron chi connectivity index (χ4n) is 2.54. The van der Waals surface area contributed by atoms with Crippen molar-refractivity contribution in [3.05, 3.63) is 48.3 Å². The summed E-state index contributed by atoms with van der Waals surface area (Å²) in [7, 11) is 0. The Balaban J connectivity index is 1.58. The molecular formula is C16H16F3N5O. The Hall–Kier alpha value is -2.84. The molecule has 0 spiro atoms. The number of benzene rings is 1. The molecule has 0 unspecified atom stereocenters. The highest BCUT2D eigenvalue weighted by Crippen LogP contribution is 2.30. The Morgan fingerprint density at radius 2 is 1.72 bits per heavy atom. The highest BCUT2D eigenvalue weighted by molar-refractivity contribution is 5.89. The molecule has 0 bridgehead atoms. The summed E-state index contributed by atoms with van der Waals surface area (Å²) >= 11 is 0. The van der Waals surface area contributed by atoms with Gasteiger partial charge in [-0.1, -0.05) is 6.07 Å². The van der Waals surface area contributed by atoms with Crippen LogP contribution in [-0.2, 0) is 6.18 Å². The van der Waals surface area contributed by atoms with Crippen LogP contribution in [-0.4, -0.2) is 47.1 Å². The van der Waals surface area contributed by atoms with Gasteiger partial charge in [0.25, 0.3) is 0 Å². The Labute approximate surface area is 142 Å². The molecule has 9 heteroatoms. The average Bonchev–Trinajstić information content (AvgIpc) is 2.62. The van der Waals surface area contributed by atoms with Crippen molar-refractivity contribution in [2.24, 2.45) is 0 Å². The molecule has 2 heterocycles. The lowest BCUT2D eigenvalue weighted by Crippen LogP contribution is -2.50. The van der Waals surface area contributed by atoms with Crippen molar-refractivity contribution < 1.29 is 18.0 Å². The van der Waals surface area contributed by atoms with Gasteiger partial charge in [-0.15, -0.1) is 0 Å². The van der Waals surface area contributed by atoms with Crippen molar-refractivity contribution in [2.75, 3.05) is 36.4 Å². The third-order valence-electron chi connectivity index (χ3n) is 3.84. The van der Waals surface area contributed by atoms with Crippen LogP contribution in [0.25, 0.3) is 0 Å². The number of nitrogens with one attached hydrogen (secondary N) is 1. The normalized spacial score (nSPS) is 15.2. The maximum atomic E-state index is 12.7. The van der Waals surface area contributed by atoms with Gasteiger partial charge in [-0.2, -0.15) is 13.2 Å². The molecule has 2 amide bonds. The van der Waals surface area contributed by atoms with Crippen LogP contribution < -0.4 is 10.2 Å². The quantitative estimate of drug-likeness (QED) is 0.904. The molecule has 0 aliphatic carbocycles. The van der Waals surface area contributed by atoms with Crippen LogP contribution in [0, 0.1) is 0 Å². The van der Waals surface area contributed by atoms with Gasteiger partial charge >= 0.3 is 12.2 Å². The summed E-state index contributed by atoms with van der Waals surface area (Å²) in [5.41, 5.74) is -0.676. The monoisotopic (exact) mass is 351 g/mol. The van der Waals surface area contributed by atoms with Gasteiger partial charge in [0.1, 0.15) is 0 Å². The molecule has 0 saturated carbocycles. The van der Waals surface area contributed by atoms with Gasteiger partial charge in [0.05, 0.1) is 5.56 Å². The Morgan fingerprint density at radius 1 is 1.04 bits per heavy atom. The zero-order valence-electron chi connectivity index (χ0n) is 13.2. The predicted molar refractivity (Wildman–Crippen MR) is 86.3 cm³/mol. The van der Waals surface area contributed by atoms with Crippen molar-refractivity contribution in [1.29, 1.82) is 0 Å². The van der Waals surface area contributed by atoms with E-state index in [4.69, 9.17) is 0 Å². The third kappa shape index (κ3) is 4.17. The number of carbonyl (C=O) groups is 1.